The third kappa shape index (κ3) is 4.42. The Bertz CT molecular complexity index is 344. The maximum absolute atomic E-state index is 10.5. The Morgan fingerprint density at radius 3 is 2.00 bits per heavy atom. The molecule has 0 saturated carbocycles. The van der Waals surface area contributed by atoms with E-state index in [0.29, 0.717) is 13.1 Å². The van der Waals surface area contributed by atoms with Gasteiger partial charge in [-0.2, -0.15) is 0 Å². The predicted octanol–water partition coefficient (Wildman–Crippen LogP) is 0.105. The van der Waals surface area contributed by atoms with Crippen LogP contribution in [0.1, 0.15) is 5.56 Å². The smallest absolute Gasteiger partial charge is 0.307 e. The molecule has 0 heterocycles. The zero-order valence-electron chi connectivity index (χ0n) is 9.54. The molecule has 0 radical (unpaired) electrons. The third-order valence-electron chi connectivity index (χ3n) is 2.40. The monoisotopic (exact) mass is 239 g/mol. The summed E-state index contributed by atoms with van der Waals surface area (Å²) >= 11 is 0. The largest absolute Gasteiger partial charge is 0.481 e. The lowest BCUT2D eigenvalue weighted by Gasteiger charge is -2.23. The Balaban J connectivity index is 2.72. The maximum atomic E-state index is 10.5. The van der Waals surface area contributed by atoms with Crippen molar-refractivity contribution in [1.82, 2.24) is 0 Å². The van der Waals surface area contributed by atoms with Crippen LogP contribution < -0.4 is 4.90 Å². The van der Waals surface area contributed by atoms with Crippen LogP contribution in [0.5, 0.6) is 0 Å². The highest BCUT2D eigenvalue weighted by Gasteiger charge is 2.06. The molecule has 17 heavy (non-hydrogen) atoms. The first kappa shape index (κ1) is 13.5. The first-order valence-corrected chi connectivity index (χ1v) is 5.44. The normalized spacial score (nSPS) is 10.2. The van der Waals surface area contributed by atoms with Crippen LogP contribution in [0.15, 0.2) is 24.3 Å². The van der Waals surface area contributed by atoms with Crippen LogP contribution >= 0.6 is 0 Å². The molecule has 0 bridgehead atoms. The van der Waals surface area contributed by atoms with Gasteiger partial charge in [-0.25, -0.2) is 0 Å². The molecule has 0 unspecified atom stereocenters. The summed E-state index contributed by atoms with van der Waals surface area (Å²) in [6.07, 6.45) is 0.000278. The summed E-state index contributed by atoms with van der Waals surface area (Å²) in [6, 6.07) is 7.07. The number of benzene rings is 1. The van der Waals surface area contributed by atoms with E-state index in [1.165, 1.54) is 0 Å². The fraction of sp³-hybridized carbons (Fsp3) is 0.417. The molecule has 3 N–H and O–H groups in total. The quantitative estimate of drug-likeness (QED) is 0.629. The van der Waals surface area contributed by atoms with Crippen molar-refractivity contribution in [3.63, 3.8) is 0 Å². The molecule has 0 saturated heterocycles. The number of carboxylic acids is 1. The fourth-order valence-electron chi connectivity index (χ4n) is 1.61. The number of carboxylic acid groups (broad SMARTS) is 1. The van der Waals surface area contributed by atoms with Crippen molar-refractivity contribution in [3.05, 3.63) is 29.8 Å². The second-order valence-corrected chi connectivity index (χ2v) is 3.67. The molecule has 1 aromatic carbocycles. The summed E-state index contributed by atoms with van der Waals surface area (Å²) in [5.41, 5.74) is 1.59. The Hall–Kier alpha value is -1.59. The van der Waals surface area contributed by atoms with Crippen molar-refractivity contribution in [3.8, 4) is 0 Å². The fourth-order valence-corrected chi connectivity index (χ4v) is 1.61. The molecule has 5 nitrogen and oxygen atoms in total. The Labute approximate surface area is 99.9 Å². The molecule has 0 amide bonds. The molecule has 0 atom stereocenters. The molecule has 94 valence electrons. The second kappa shape index (κ2) is 6.88. The molecule has 0 aromatic heterocycles. The van der Waals surface area contributed by atoms with Gasteiger partial charge in [-0.1, -0.05) is 12.1 Å². The SMILES string of the molecule is O=C(O)Cc1ccc(N(CCO)CCO)cc1. The van der Waals surface area contributed by atoms with Crippen LogP contribution in [-0.2, 0) is 11.2 Å². The summed E-state index contributed by atoms with van der Waals surface area (Å²) < 4.78 is 0. The van der Waals surface area contributed by atoms with Crippen LogP contribution in [0, 0.1) is 0 Å². The van der Waals surface area contributed by atoms with Gasteiger partial charge in [0.05, 0.1) is 19.6 Å². The summed E-state index contributed by atoms with van der Waals surface area (Å²) in [5, 5.41) is 26.4. The van der Waals surface area contributed by atoms with Gasteiger partial charge in [-0.15, -0.1) is 0 Å². The number of hydrogen-bond acceptors (Lipinski definition) is 4. The molecule has 0 aliphatic rings. The molecular formula is C12H17NO4. The van der Waals surface area contributed by atoms with E-state index in [-0.39, 0.29) is 19.6 Å². The second-order valence-electron chi connectivity index (χ2n) is 3.67. The van der Waals surface area contributed by atoms with E-state index in [1.807, 2.05) is 4.90 Å². The average molecular weight is 239 g/mol. The van der Waals surface area contributed by atoms with Crippen molar-refractivity contribution in [2.45, 2.75) is 6.42 Å². The van der Waals surface area contributed by atoms with Gasteiger partial charge in [0.2, 0.25) is 0 Å². The van der Waals surface area contributed by atoms with Crippen LogP contribution in [-0.4, -0.2) is 47.6 Å². The molecule has 1 aromatic rings. The number of rotatable bonds is 7. The van der Waals surface area contributed by atoms with Crippen molar-refractivity contribution >= 4 is 11.7 Å². The molecule has 0 aliphatic heterocycles. The highest BCUT2D eigenvalue weighted by molar-refractivity contribution is 5.70. The predicted molar refractivity (Wildman–Crippen MR) is 64.2 cm³/mol. The van der Waals surface area contributed by atoms with Crippen molar-refractivity contribution in [2.75, 3.05) is 31.2 Å². The van der Waals surface area contributed by atoms with Gasteiger partial charge in [0.15, 0.2) is 0 Å². The van der Waals surface area contributed by atoms with Gasteiger partial charge in [-0.3, -0.25) is 4.79 Å². The van der Waals surface area contributed by atoms with Crippen molar-refractivity contribution in [1.29, 1.82) is 0 Å². The molecular weight excluding hydrogens is 222 g/mol. The van der Waals surface area contributed by atoms with E-state index in [1.54, 1.807) is 24.3 Å². The van der Waals surface area contributed by atoms with E-state index >= 15 is 0 Å². The Morgan fingerprint density at radius 2 is 1.59 bits per heavy atom. The number of anilines is 1. The van der Waals surface area contributed by atoms with Crippen LogP contribution in [0.2, 0.25) is 0 Å². The van der Waals surface area contributed by atoms with Crippen molar-refractivity contribution in [2.24, 2.45) is 0 Å². The van der Waals surface area contributed by atoms with Gasteiger partial charge >= 0.3 is 5.97 Å². The highest BCUT2D eigenvalue weighted by Crippen LogP contribution is 2.15. The number of nitrogens with zero attached hydrogens (tertiary/aromatic N) is 1. The summed E-state index contributed by atoms with van der Waals surface area (Å²) in [4.78, 5) is 12.4. The van der Waals surface area contributed by atoms with Crippen molar-refractivity contribution < 1.29 is 20.1 Å². The molecule has 5 heteroatoms. The minimum Gasteiger partial charge on any atom is -0.481 e. The zero-order chi connectivity index (χ0) is 12.7. The molecule has 0 aliphatic carbocycles. The lowest BCUT2D eigenvalue weighted by molar-refractivity contribution is -0.136. The van der Waals surface area contributed by atoms with Gasteiger partial charge < -0.3 is 20.2 Å². The number of aliphatic hydroxyl groups excluding tert-OH is 2. The summed E-state index contributed by atoms with van der Waals surface area (Å²) in [5.74, 6) is -0.861. The van der Waals surface area contributed by atoms with Gasteiger partial charge in [-0.05, 0) is 17.7 Å². The highest BCUT2D eigenvalue weighted by atomic mass is 16.4. The standard InChI is InChI=1S/C12H17NO4/c14-7-5-13(6-8-15)11-3-1-10(2-4-11)9-12(16)17/h1-4,14-15H,5-9H2,(H,16,17). The lowest BCUT2D eigenvalue weighted by Crippen LogP contribution is -2.29. The van der Waals surface area contributed by atoms with E-state index in [2.05, 4.69) is 0 Å². The first-order chi connectivity index (χ1) is 8.17. The van der Waals surface area contributed by atoms with Gasteiger partial charge in [0, 0.05) is 18.8 Å². The molecule has 0 fully saturated rings. The first-order valence-electron chi connectivity index (χ1n) is 5.44. The number of aliphatic carboxylic acids is 1. The Morgan fingerprint density at radius 1 is 1.06 bits per heavy atom. The van der Waals surface area contributed by atoms with Gasteiger partial charge in [0.25, 0.3) is 0 Å². The minimum atomic E-state index is -0.861. The topological polar surface area (TPSA) is 81.0 Å². The Kier molecular flexibility index (Phi) is 5.45. The number of aliphatic hydroxyl groups is 2. The lowest BCUT2D eigenvalue weighted by atomic mass is 10.1. The maximum Gasteiger partial charge on any atom is 0.307 e. The van der Waals surface area contributed by atoms with E-state index in [9.17, 15) is 4.79 Å². The van der Waals surface area contributed by atoms with Crippen LogP contribution in [0.3, 0.4) is 0 Å². The summed E-state index contributed by atoms with van der Waals surface area (Å²) in [7, 11) is 0. The van der Waals surface area contributed by atoms with Gasteiger partial charge in [0.1, 0.15) is 0 Å². The summed E-state index contributed by atoms with van der Waals surface area (Å²) in [6.45, 7) is 0.908. The number of carbonyl (C=O) groups is 1. The third-order valence-corrected chi connectivity index (χ3v) is 2.40. The number of hydrogen-bond donors (Lipinski definition) is 3. The molecule has 1 rings (SSSR count). The zero-order valence-corrected chi connectivity index (χ0v) is 9.54. The average Bonchev–Trinajstić information content (AvgIpc) is 2.29. The van der Waals surface area contributed by atoms with Crippen LogP contribution in [0.25, 0.3) is 0 Å². The molecule has 0 spiro atoms. The van der Waals surface area contributed by atoms with Crippen LogP contribution in [0.4, 0.5) is 5.69 Å². The van der Waals surface area contributed by atoms with E-state index < -0.39 is 5.97 Å². The van der Waals surface area contributed by atoms with E-state index in [4.69, 9.17) is 15.3 Å². The van der Waals surface area contributed by atoms with E-state index in [0.717, 1.165) is 11.3 Å². The minimum absolute atomic E-state index is 0.000278.